The molecule has 4 nitrogen and oxygen atoms in total. The van der Waals surface area contributed by atoms with Crippen LogP contribution in [0.2, 0.25) is 10.0 Å². The maximum atomic E-state index is 12.4. The fraction of sp³-hybridized carbons (Fsp3) is 0.300. The number of anilines is 1. The summed E-state index contributed by atoms with van der Waals surface area (Å²) in [7, 11) is 1.75. The van der Waals surface area contributed by atoms with Gasteiger partial charge >= 0.3 is 0 Å². The van der Waals surface area contributed by atoms with Gasteiger partial charge in [-0.25, -0.2) is 0 Å². The maximum Gasteiger partial charge on any atom is 0.227 e. The predicted octanol–water partition coefficient (Wildman–Crippen LogP) is 4.54. The molecular formula is C20H20Cl2N2O2. The molecule has 2 amide bonds. The molecule has 2 aromatic rings. The Balaban J connectivity index is 1.55. The molecule has 6 heteroatoms. The van der Waals surface area contributed by atoms with E-state index in [2.05, 4.69) is 5.32 Å². The van der Waals surface area contributed by atoms with E-state index in [1.165, 1.54) is 0 Å². The van der Waals surface area contributed by atoms with Gasteiger partial charge in [-0.1, -0.05) is 47.5 Å². The van der Waals surface area contributed by atoms with Gasteiger partial charge in [0.15, 0.2) is 0 Å². The van der Waals surface area contributed by atoms with Crippen molar-refractivity contribution in [2.24, 2.45) is 5.92 Å². The van der Waals surface area contributed by atoms with Crippen molar-refractivity contribution in [1.82, 2.24) is 4.90 Å². The molecule has 0 spiro atoms. The van der Waals surface area contributed by atoms with Gasteiger partial charge in [-0.3, -0.25) is 9.59 Å². The minimum absolute atomic E-state index is 0.00253. The van der Waals surface area contributed by atoms with E-state index in [9.17, 15) is 9.59 Å². The fourth-order valence-electron chi connectivity index (χ4n) is 3.13. The molecule has 2 aromatic carbocycles. The lowest BCUT2D eigenvalue weighted by Gasteiger charge is -2.25. The molecule has 1 N–H and O–H groups in total. The van der Waals surface area contributed by atoms with Gasteiger partial charge in [0, 0.05) is 31.6 Å². The standard InChI is InChI=1S/C20H20Cl2N2O2/c1-24(12-13-6-8-16(21)17(22)10-13)19(25)9-7-15-11-14-4-2-3-5-18(14)23-20(15)26/h2-6,8,10,15H,7,9,11-12H2,1H3,(H,23,26)/t15-/m0/s1. The summed E-state index contributed by atoms with van der Waals surface area (Å²) < 4.78 is 0. The van der Waals surface area contributed by atoms with Crippen LogP contribution < -0.4 is 5.32 Å². The number of para-hydroxylation sites is 1. The third-order valence-corrected chi connectivity index (χ3v) is 5.39. The van der Waals surface area contributed by atoms with Crippen LogP contribution in [0, 0.1) is 5.92 Å². The molecular weight excluding hydrogens is 371 g/mol. The van der Waals surface area contributed by atoms with Crippen molar-refractivity contribution >= 4 is 40.7 Å². The average molecular weight is 391 g/mol. The monoisotopic (exact) mass is 390 g/mol. The second-order valence-corrected chi connectivity index (χ2v) is 7.40. The molecule has 1 aliphatic heterocycles. The molecule has 0 bridgehead atoms. The topological polar surface area (TPSA) is 49.4 Å². The second kappa shape index (κ2) is 8.11. The highest BCUT2D eigenvalue weighted by Crippen LogP contribution is 2.28. The van der Waals surface area contributed by atoms with Crippen LogP contribution in [0.3, 0.4) is 0 Å². The Morgan fingerprint density at radius 1 is 1.19 bits per heavy atom. The van der Waals surface area contributed by atoms with E-state index >= 15 is 0 Å². The zero-order valence-electron chi connectivity index (χ0n) is 14.5. The first-order chi connectivity index (χ1) is 12.4. The third-order valence-electron chi connectivity index (χ3n) is 4.65. The second-order valence-electron chi connectivity index (χ2n) is 6.58. The van der Waals surface area contributed by atoms with E-state index in [4.69, 9.17) is 23.2 Å². The van der Waals surface area contributed by atoms with Crippen LogP contribution in [0.4, 0.5) is 5.69 Å². The molecule has 1 heterocycles. The smallest absolute Gasteiger partial charge is 0.227 e. The van der Waals surface area contributed by atoms with Crippen molar-refractivity contribution < 1.29 is 9.59 Å². The van der Waals surface area contributed by atoms with Crippen LogP contribution in [0.15, 0.2) is 42.5 Å². The largest absolute Gasteiger partial charge is 0.341 e. The molecule has 1 aliphatic rings. The van der Waals surface area contributed by atoms with Crippen molar-refractivity contribution in [3.05, 3.63) is 63.6 Å². The molecule has 136 valence electrons. The number of amides is 2. The minimum atomic E-state index is -0.174. The number of carbonyl (C=O) groups excluding carboxylic acids is 2. The first-order valence-corrected chi connectivity index (χ1v) is 9.26. The first-order valence-electron chi connectivity index (χ1n) is 8.50. The number of nitrogens with zero attached hydrogens (tertiary/aromatic N) is 1. The average Bonchev–Trinajstić information content (AvgIpc) is 2.62. The summed E-state index contributed by atoms with van der Waals surface area (Å²) in [4.78, 5) is 26.3. The van der Waals surface area contributed by atoms with Gasteiger partial charge in [0.25, 0.3) is 0 Å². The van der Waals surface area contributed by atoms with Crippen molar-refractivity contribution in [3.8, 4) is 0 Å². The van der Waals surface area contributed by atoms with Crippen molar-refractivity contribution in [1.29, 1.82) is 0 Å². The number of rotatable bonds is 5. The summed E-state index contributed by atoms with van der Waals surface area (Å²) in [6.07, 6.45) is 1.54. The highest BCUT2D eigenvalue weighted by Gasteiger charge is 2.26. The molecule has 1 atom stereocenters. The Morgan fingerprint density at radius 3 is 2.73 bits per heavy atom. The summed E-state index contributed by atoms with van der Waals surface area (Å²) >= 11 is 11.9. The van der Waals surface area contributed by atoms with Crippen LogP contribution in [0.5, 0.6) is 0 Å². The van der Waals surface area contributed by atoms with E-state index in [1.54, 1.807) is 24.1 Å². The van der Waals surface area contributed by atoms with Crippen LogP contribution >= 0.6 is 23.2 Å². The van der Waals surface area contributed by atoms with Gasteiger partial charge in [-0.05, 0) is 42.2 Å². The molecule has 0 saturated carbocycles. The number of hydrogen-bond acceptors (Lipinski definition) is 2. The van der Waals surface area contributed by atoms with Gasteiger partial charge in [-0.2, -0.15) is 0 Å². The molecule has 0 fully saturated rings. The zero-order chi connectivity index (χ0) is 18.7. The molecule has 0 aliphatic carbocycles. The van der Waals surface area contributed by atoms with E-state index in [0.29, 0.717) is 35.9 Å². The summed E-state index contributed by atoms with van der Waals surface area (Å²) in [5, 5.41) is 3.89. The third kappa shape index (κ3) is 4.37. The Bertz CT molecular complexity index is 838. The molecule has 0 unspecified atom stereocenters. The van der Waals surface area contributed by atoms with Crippen molar-refractivity contribution in [3.63, 3.8) is 0 Å². The molecule has 26 heavy (non-hydrogen) atoms. The Kier molecular flexibility index (Phi) is 5.84. The van der Waals surface area contributed by atoms with Gasteiger partial charge in [0.2, 0.25) is 11.8 Å². The lowest BCUT2D eigenvalue weighted by molar-refractivity contribution is -0.131. The Labute approximate surface area is 163 Å². The van der Waals surface area contributed by atoms with Crippen molar-refractivity contribution in [2.45, 2.75) is 25.8 Å². The Morgan fingerprint density at radius 2 is 1.96 bits per heavy atom. The number of halogens is 2. The van der Waals surface area contributed by atoms with Crippen molar-refractivity contribution in [2.75, 3.05) is 12.4 Å². The van der Waals surface area contributed by atoms with E-state index < -0.39 is 0 Å². The van der Waals surface area contributed by atoms with Crippen LogP contribution in [-0.4, -0.2) is 23.8 Å². The van der Waals surface area contributed by atoms with Gasteiger partial charge in [0.05, 0.1) is 10.0 Å². The van der Waals surface area contributed by atoms with Crippen LogP contribution in [0.25, 0.3) is 0 Å². The molecule has 0 aromatic heterocycles. The SMILES string of the molecule is CN(Cc1ccc(Cl)c(Cl)c1)C(=O)CC[C@H]1Cc2ccccc2NC1=O. The lowest BCUT2D eigenvalue weighted by Crippen LogP contribution is -2.32. The number of nitrogens with one attached hydrogen (secondary N) is 1. The highest BCUT2D eigenvalue weighted by atomic mass is 35.5. The summed E-state index contributed by atoms with van der Waals surface area (Å²) in [5.74, 6) is -0.182. The van der Waals surface area contributed by atoms with Crippen LogP contribution in [0.1, 0.15) is 24.0 Å². The summed E-state index contributed by atoms with van der Waals surface area (Å²) in [6.45, 7) is 0.454. The lowest BCUT2D eigenvalue weighted by atomic mass is 9.89. The fourth-order valence-corrected chi connectivity index (χ4v) is 3.46. The quantitative estimate of drug-likeness (QED) is 0.814. The predicted molar refractivity (Wildman–Crippen MR) is 104 cm³/mol. The number of benzene rings is 2. The number of carbonyl (C=O) groups is 2. The number of fused-ring (bicyclic) bond motifs is 1. The Hall–Kier alpha value is -2.04. The van der Waals surface area contributed by atoms with Crippen LogP contribution in [-0.2, 0) is 22.6 Å². The molecule has 0 saturated heterocycles. The van der Waals surface area contributed by atoms with Gasteiger partial charge < -0.3 is 10.2 Å². The van der Waals surface area contributed by atoms with E-state index in [0.717, 1.165) is 16.8 Å². The summed E-state index contributed by atoms with van der Waals surface area (Å²) in [5.41, 5.74) is 2.91. The molecule has 0 radical (unpaired) electrons. The maximum absolute atomic E-state index is 12.4. The zero-order valence-corrected chi connectivity index (χ0v) is 16.0. The number of hydrogen-bond donors (Lipinski definition) is 1. The highest BCUT2D eigenvalue weighted by molar-refractivity contribution is 6.42. The van der Waals surface area contributed by atoms with Gasteiger partial charge in [-0.15, -0.1) is 0 Å². The molecule has 3 rings (SSSR count). The normalized spacial score (nSPS) is 16.0. The minimum Gasteiger partial charge on any atom is -0.341 e. The van der Waals surface area contributed by atoms with E-state index in [1.807, 2.05) is 30.3 Å². The van der Waals surface area contributed by atoms with E-state index in [-0.39, 0.29) is 17.7 Å². The first kappa shape index (κ1) is 18.7. The van der Waals surface area contributed by atoms with Gasteiger partial charge in [0.1, 0.15) is 0 Å². The summed E-state index contributed by atoms with van der Waals surface area (Å²) in [6, 6.07) is 13.1.